The molecule has 3 N–H and O–H groups in total. The van der Waals surface area contributed by atoms with Crippen LogP contribution >= 0.6 is 0 Å². The van der Waals surface area contributed by atoms with E-state index in [4.69, 9.17) is 14.5 Å². The normalized spacial score (nSPS) is 28.6. The number of allylic oxidation sites excluding steroid dienone is 1. The summed E-state index contributed by atoms with van der Waals surface area (Å²) in [6, 6.07) is 5.93. The van der Waals surface area contributed by atoms with Gasteiger partial charge in [-0.05, 0) is 96.6 Å². The van der Waals surface area contributed by atoms with Gasteiger partial charge in [-0.2, -0.15) is 0 Å². The second-order valence-electron chi connectivity index (χ2n) is 16.3. The first kappa shape index (κ1) is 37.1. The SMILES string of the molecule is CC(C)(C)OC(=O)N[C@H]1CCCCC/C=C\C2C[C@@]2(C(=O)NS(=O)(=O)C2CC2)NC(=O)[C@@H]2C[C@@H](Oc3nc4ccccc4c4c3CCCC4)CN2C1=O. The van der Waals surface area contributed by atoms with Crippen molar-refractivity contribution >= 4 is 44.7 Å². The van der Waals surface area contributed by atoms with Crippen molar-refractivity contribution in [1.82, 2.24) is 25.2 Å². The smallest absolute Gasteiger partial charge is 0.408 e. The summed E-state index contributed by atoms with van der Waals surface area (Å²) >= 11 is 0. The van der Waals surface area contributed by atoms with Gasteiger partial charge < -0.3 is 25.0 Å². The van der Waals surface area contributed by atoms with Crippen LogP contribution in [0.4, 0.5) is 4.79 Å². The molecular weight excluding hydrogens is 699 g/mol. The number of hydrogen-bond acceptors (Lipinski definition) is 9. The second kappa shape index (κ2) is 14.6. The van der Waals surface area contributed by atoms with Gasteiger partial charge in [-0.1, -0.05) is 43.2 Å². The molecule has 14 heteroatoms. The number of pyridine rings is 1. The van der Waals surface area contributed by atoms with E-state index in [1.54, 1.807) is 20.8 Å². The molecule has 1 saturated heterocycles. The highest BCUT2D eigenvalue weighted by Gasteiger charge is 2.62. The molecule has 5 aliphatic rings. The minimum atomic E-state index is -3.87. The Bertz CT molecular complexity index is 1920. The molecule has 0 spiro atoms. The first-order valence-corrected chi connectivity index (χ1v) is 20.7. The number of alkyl carbamates (subject to hydrolysis) is 1. The van der Waals surface area contributed by atoms with E-state index >= 15 is 0 Å². The average Bonchev–Trinajstić information content (AvgIpc) is 4.03. The Hall–Kier alpha value is -4.20. The fraction of sp³-hybridized carbons (Fsp3) is 0.615. The number of para-hydroxylation sites is 1. The van der Waals surface area contributed by atoms with Crippen molar-refractivity contribution in [2.45, 2.75) is 139 Å². The van der Waals surface area contributed by atoms with Gasteiger partial charge in [0.2, 0.25) is 27.7 Å². The largest absolute Gasteiger partial charge is 0.472 e. The maximum absolute atomic E-state index is 14.5. The molecule has 2 aromatic rings. The summed E-state index contributed by atoms with van der Waals surface area (Å²) in [5, 5.41) is 6.17. The molecule has 2 saturated carbocycles. The monoisotopic (exact) mass is 749 g/mol. The molecule has 2 aliphatic heterocycles. The summed E-state index contributed by atoms with van der Waals surface area (Å²) in [6.07, 6.45) is 10.9. The van der Waals surface area contributed by atoms with E-state index in [9.17, 15) is 27.6 Å². The van der Waals surface area contributed by atoms with Crippen LogP contribution in [-0.2, 0) is 42.0 Å². The summed E-state index contributed by atoms with van der Waals surface area (Å²) in [7, 11) is -3.87. The lowest BCUT2D eigenvalue weighted by atomic mass is 9.89. The number of carbonyl (C=O) groups is 4. The zero-order chi connectivity index (χ0) is 37.5. The number of benzene rings is 1. The molecule has 4 amide bonds. The highest BCUT2D eigenvalue weighted by atomic mass is 32.2. The minimum Gasteiger partial charge on any atom is -0.472 e. The van der Waals surface area contributed by atoms with Crippen LogP contribution in [0.3, 0.4) is 0 Å². The third-order valence-electron chi connectivity index (χ3n) is 11.0. The number of carbonyl (C=O) groups excluding carboxylic acids is 4. The summed E-state index contributed by atoms with van der Waals surface area (Å²) in [5.41, 5.74) is 0.801. The third kappa shape index (κ3) is 8.17. The topological polar surface area (TPSA) is 173 Å². The summed E-state index contributed by atoms with van der Waals surface area (Å²) in [6.45, 7) is 5.28. The molecule has 1 aromatic carbocycles. The van der Waals surface area contributed by atoms with Crippen LogP contribution in [0.15, 0.2) is 36.4 Å². The number of aryl methyl sites for hydroxylation is 1. The maximum atomic E-state index is 14.5. The van der Waals surface area contributed by atoms with Crippen molar-refractivity contribution in [2.24, 2.45) is 5.92 Å². The summed E-state index contributed by atoms with van der Waals surface area (Å²) in [5.74, 6) is -1.71. The number of ether oxygens (including phenoxy) is 2. The van der Waals surface area contributed by atoms with E-state index in [-0.39, 0.29) is 19.4 Å². The van der Waals surface area contributed by atoms with Gasteiger partial charge >= 0.3 is 6.09 Å². The average molecular weight is 750 g/mol. The highest BCUT2D eigenvalue weighted by Crippen LogP contribution is 2.46. The zero-order valence-electron chi connectivity index (χ0n) is 30.8. The van der Waals surface area contributed by atoms with Gasteiger partial charge in [-0.25, -0.2) is 18.2 Å². The van der Waals surface area contributed by atoms with Crippen molar-refractivity contribution < 1.29 is 37.1 Å². The van der Waals surface area contributed by atoms with Crippen molar-refractivity contribution in [2.75, 3.05) is 6.54 Å². The molecule has 286 valence electrons. The Balaban J connectivity index is 1.20. The van der Waals surface area contributed by atoms with Crippen LogP contribution in [0, 0.1) is 5.92 Å². The molecule has 1 unspecified atom stereocenters. The van der Waals surface area contributed by atoms with Crippen molar-refractivity contribution in [1.29, 1.82) is 0 Å². The predicted molar refractivity (Wildman–Crippen MR) is 197 cm³/mol. The number of rotatable bonds is 6. The highest BCUT2D eigenvalue weighted by molar-refractivity contribution is 7.91. The van der Waals surface area contributed by atoms with Crippen molar-refractivity contribution in [3.05, 3.63) is 47.5 Å². The number of amides is 4. The van der Waals surface area contributed by atoms with Gasteiger partial charge in [-0.15, -0.1) is 0 Å². The van der Waals surface area contributed by atoms with Crippen molar-refractivity contribution in [3.8, 4) is 5.88 Å². The standard InChI is InChI=1S/C39H51N5O8S/c1-38(2,3)52-37(48)41-31-18-8-6-4-5-7-13-24-22-39(24,36(47)43-53(49,50)26-19-20-26)42-33(45)32-21-25(23-44(32)35(31)46)51-34-29-16-10-9-14-27(29)28-15-11-12-17-30(28)40-34/h7,11-13,15,17,24-26,31-32H,4-6,8-10,14,16,18-23H2,1-3H3,(H,41,48)(H,42,45)(H,43,47)/b13-7-/t24?,25-,31+,32+,39-/m1/s1. The van der Waals surface area contributed by atoms with Crippen LogP contribution < -0.4 is 20.1 Å². The molecule has 3 aliphatic carbocycles. The lowest BCUT2D eigenvalue weighted by Gasteiger charge is -2.30. The molecule has 1 aromatic heterocycles. The van der Waals surface area contributed by atoms with E-state index in [1.165, 1.54) is 10.5 Å². The van der Waals surface area contributed by atoms with Gasteiger partial charge in [-0.3, -0.25) is 19.1 Å². The Labute approximate surface area is 311 Å². The van der Waals surface area contributed by atoms with E-state index in [0.29, 0.717) is 38.0 Å². The maximum Gasteiger partial charge on any atom is 0.408 e. The van der Waals surface area contributed by atoms with Gasteiger partial charge in [0.25, 0.3) is 5.91 Å². The summed E-state index contributed by atoms with van der Waals surface area (Å²) in [4.78, 5) is 62.0. The Morgan fingerprint density at radius 1 is 1.00 bits per heavy atom. The first-order chi connectivity index (χ1) is 25.2. The molecule has 5 atom stereocenters. The van der Waals surface area contributed by atoms with Crippen LogP contribution in [0.1, 0.15) is 103 Å². The number of fused-ring (bicyclic) bond motifs is 5. The molecule has 13 nitrogen and oxygen atoms in total. The van der Waals surface area contributed by atoms with Crippen LogP contribution in [0.5, 0.6) is 5.88 Å². The van der Waals surface area contributed by atoms with Gasteiger partial charge in [0.15, 0.2) is 0 Å². The molecule has 3 fully saturated rings. The predicted octanol–water partition coefficient (Wildman–Crippen LogP) is 4.36. The van der Waals surface area contributed by atoms with E-state index in [1.807, 2.05) is 30.4 Å². The molecule has 0 bridgehead atoms. The Morgan fingerprint density at radius 2 is 1.75 bits per heavy atom. The van der Waals surface area contributed by atoms with Crippen LogP contribution in [0.2, 0.25) is 0 Å². The van der Waals surface area contributed by atoms with Gasteiger partial charge in [0.1, 0.15) is 29.3 Å². The molecule has 3 heterocycles. The minimum absolute atomic E-state index is 0.0469. The van der Waals surface area contributed by atoms with E-state index in [0.717, 1.165) is 55.0 Å². The van der Waals surface area contributed by atoms with Gasteiger partial charge in [0, 0.05) is 23.3 Å². The van der Waals surface area contributed by atoms with E-state index in [2.05, 4.69) is 21.4 Å². The Morgan fingerprint density at radius 3 is 2.51 bits per heavy atom. The Kier molecular flexibility index (Phi) is 10.2. The number of sulfonamides is 1. The fourth-order valence-electron chi connectivity index (χ4n) is 7.99. The van der Waals surface area contributed by atoms with Crippen LogP contribution in [-0.4, -0.2) is 83.2 Å². The molecule has 53 heavy (non-hydrogen) atoms. The van der Waals surface area contributed by atoms with Crippen LogP contribution in [0.25, 0.3) is 10.9 Å². The second-order valence-corrected chi connectivity index (χ2v) is 18.3. The number of hydrogen-bond donors (Lipinski definition) is 3. The number of nitrogens with one attached hydrogen (secondary N) is 3. The summed E-state index contributed by atoms with van der Waals surface area (Å²) < 4.78 is 40.1. The number of nitrogens with zero attached hydrogens (tertiary/aromatic N) is 2. The third-order valence-corrected chi connectivity index (χ3v) is 12.8. The first-order valence-electron chi connectivity index (χ1n) is 19.2. The quantitative estimate of drug-likeness (QED) is 0.363. The molecule has 0 radical (unpaired) electrons. The molecular formula is C39H51N5O8S. The fourth-order valence-corrected chi connectivity index (χ4v) is 9.36. The number of aromatic nitrogens is 1. The lowest BCUT2D eigenvalue weighted by molar-refractivity contribution is -0.141. The zero-order valence-corrected chi connectivity index (χ0v) is 31.6. The van der Waals surface area contributed by atoms with Crippen molar-refractivity contribution in [3.63, 3.8) is 0 Å². The molecule has 7 rings (SSSR count). The van der Waals surface area contributed by atoms with Gasteiger partial charge in [0.05, 0.1) is 17.3 Å². The van der Waals surface area contributed by atoms with E-state index < -0.39 is 74.3 Å². The lowest BCUT2D eigenvalue weighted by Crippen LogP contribution is -2.58.